The van der Waals surface area contributed by atoms with E-state index in [1.165, 1.54) is 0 Å². The summed E-state index contributed by atoms with van der Waals surface area (Å²) in [5.74, 6) is 2.26. The first-order chi connectivity index (χ1) is 14.2. The van der Waals surface area contributed by atoms with Gasteiger partial charge in [-0.25, -0.2) is 4.98 Å². The Hall–Kier alpha value is -2.75. The molecule has 1 heterocycles. The fourth-order valence-electron chi connectivity index (χ4n) is 2.90. The number of para-hydroxylation sites is 1. The number of halogens is 1. The number of benzene rings is 2. The number of nitrogens with one attached hydrogen (secondary N) is 2. The first kappa shape index (κ1) is 23.5. The standard InChI is InChI=1S/C22H27N5O2.HI/c1-17(29-20-9-6-8-19(13-20)28-3)14-25-22(23-2)26-15-18-7-4-5-10-21(18)27-12-11-24-16-27;/h4-13,16-17H,14-15H2,1-3H3,(H2,23,25,26);1H. The number of guanidine groups is 1. The van der Waals surface area contributed by atoms with Crippen LogP contribution in [0, 0.1) is 0 Å². The van der Waals surface area contributed by atoms with Gasteiger partial charge in [0, 0.05) is 32.1 Å². The van der Waals surface area contributed by atoms with E-state index in [-0.39, 0.29) is 30.1 Å². The van der Waals surface area contributed by atoms with Crippen molar-refractivity contribution < 1.29 is 9.47 Å². The normalized spacial score (nSPS) is 11.9. The average Bonchev–Trinajstić information content (AvgIpc) is 3.29. The molecule has 0 radical (unpaired) electrons. The van der Waals surface area contributed by atoms with E-state index in [1.807, 2.05) is 54.1 Å². The summed E-state index contributed by atoms with van der Waals surface area (Å²) in [5.41, 5.74) is 2.23. The van der Waals surface area contributed by atoms with E-state index < -0.39 is 0 Å². The van der Waals surface area contributed by atoms with Crippen molar-refractivity contribution in [2.45, 2.75) is 19.6 Å². The number of imidazole rings is 1. The number of ether oxygens (including phenoxy) is 2. The van der Waals surface area contributed by atoms with Gasteiger partial charge in [-0.05, 0) is 30.7 Å². The Morgan fingerprint density at radius 2 is 1.93 bits per heavy atom. The third-order valence-electron chi connectivity index (χ3n) is 4.38. The lowest BCUT2D eigenvalue weighted by atomic mass is 10.1. The molecule has 0 fully saturated rings. The van der Waals surface area contributed by atoms with Crippen LogP contribution in [0.2, 0.25) is 0 Å². The van der Waals surface area contributed by atoms with Crippen molar-refractivity contribution in [3.8, 4) is 17.2 Å². The topological polar surface area (TPSA) is 72.7 Å². The van der Waals surface area contributed by atoms with E-state index in [4.69, 9.17) is 9.47 Å². The van der Waals surface area contributed by atoms with Gasteiger partial charge in [-0.2, -0.15) is 0 Å². The molecule has 30 heavy (non-hydrogen) atoms. The zero-order valence-corrected chi connectivity index (χ0v) is 19.7. The van der Waals surface area contributed by atoms with Crippen LogP contribution in [0.4, 0.5) is 0 Å². The van der Waals surface area contributed by atoms with Crippen LogP contribution in [-0.4, -0.2) is 42.3 Å². The van der Waals surface area contributed by atoms with Gasteiger partial charge in [0.2, 0.25) is 0 Å². The maximum atomic E-state index is 5.95. The van der Waals surface area contributed by atoms with Crippen molar-refractivity contribution in [1.82, 2.24) is 20.2 Å². The van der Waals surface area contributed by atoms with Gasteiger partial charge in [0.1, 0.15) is 17.6 Å². The molecular weight excluding hydrogens is 493 g/mol. The lowest BCUT2D eigenvalue weighted by Crippen LogP contribution is -2.41. The summed E-state index contributed by atoms with van der Waals surface area (Å²) in [4.78, 5) is 8.43. The molecule has 3 rings (SSSR count). The molecular formula is C22H28IN5O2. The molecule has 2 aromatic carbocycles. The van der Waals surface area contributed by atoms with Crippen molar-refractivity contribution >= 4 is 29.9 Å². The Bertz CT molecular complexity index is 931. The highest BCUT2D eigenvalue weighted by Crippen LogP contribution is 2.19. The zero-order chi connectivity index (χ0) is 20.5. The maximum Gasteiger partial charge on any atom is 0.191 e. The van der Waals surface area contributed by atoms with Gasteiger partial charge in [0.15, 0.2) is 5.96 Å². The number of methoxy groups -OCH3 is 1. The summed E-state index contributed by atoms with van der Waals surface area (Å²) < 4.78 is 13.2. The highest BCUT2D eigenvalue weighted by atomic mass is 127. The predicted molar refractivity (Wildman–Crippen MR) is 130 cm³/mol. The van der Waals surface area contributed by atoms with Gasteiger partial charge in [0.05, 0.1) is 25.7 Å². The van der Waals surface area contributed by atoms with Crippen molar-refractivity contribution in [3.05, 3.63) is 72.8 Å². The smallest absolute Gasteiger partial charge is 0.191 e. The second-order valence-electron chi connectivity index (χ2n) is 6.51. The number of rotatable bonds is 8. The number of aliphatic imine (C=N–C) groups is 1. The molecule has 0 bridgehead atoms. The minimum Gasteiger partial charge on any atom is -0.497 e. The summed E-state index contributed by atoms with van der Waals surface area (Å²) in [6.07, 6.45) is 5.46. The maximum absolute atomic E-state index is 5.95. The average molecular weight is 521 g/mol. The van der Waals surface area contributed by atoms with Crippen LogP contribution in [-0.2, 0) is 6.54 Å². The lowest BCUT2D eigenvalue weighted by molar-refractivity contribution is 0.223. The van der Waals surface area contributed by atoms with Crippen molar-refractivity contribution in [2.75, 3.05) is 20.7 Å². The van der Waals surface area contributed by atoms with E-state index in [9.17, 15) is 0 Å². The SMILES string of the molecule is CN=C(NCc1ccccc1-n1ccnc1)NCC(C)Oc1cccc(OC)c1.I. The van der Waals surface area contributed by atoms with Crippen molar-refractivity contribution in [2.24, 2.45) is 4.99 Å². The van der Waals surface area contributed by atoms with Gasteiger partial charge in [0.25, 0.3) is 0 Å². The van der Waals surface area contributed by atoms with E-state index >= 15 is 0 Å². The summed E-state index contributed by atoms with van der Waals surface area (Å²) in [7, 11) is 3.40. The van der Waals surface area contributed by atoms with Crippen LogP contribution in [0.5, 0.6) is 11.5 Å². The molecule has 0 saturated heterocycles. The molecule has 7 nitrogen and oxygen atoms in total. The molecule has 0 saturated carbocycles. The highest BCUT2D eigenvalue weighted by molar-refractivity contribution is 14.0. The Morgan fingerprint density at radius 1 is 1.13 bits per heavy atom. The summed E-state index contributed by atoms with van der Waals surface area (Å²) in [6.45, 7) is 3.26. The fraction of sp³-hybridized carbons (Fsp3) is 0.273. The molecule has 0 aliphatic carbocycles. The molecule has 8 heteroatoms. The van der Waals surface area contributed by atoms with E-state index in [2.05, 4.69) is 32.7 Å². The van der Waals surface area contributed by atoms with E-state index in [1.54, 1.807) is 26.7 Å². The molecule has 2 N–H and O–H groups in total. The van der Waals surface area contributed by atoms with Crippen LogP contribution in [0.1, 0.15) is 12.5 Å². The van der Waals surface area contributed by atoms with Gasteiger partial charge in [-0.1, -0.05) is 24.3 Å². The van der Waals surface area contributed by atoms with Gasteiger partial charge < -0.3 is 24.7 Å². The third kappa shape index (κ3) is 6.65. The summed E-state index contributed by atoms with van der Waals surface area (Å²) >= 11 is 0. The second-order valence-corrected chi connectivity index (χ2v) is 6.51. The minimum absolute atomic E-state index is 0. The number of hydrogen-bond donors (Lipinski definition) is 2. The Balaban J connectivity index is 0.00000320. The van der Waals surface area contributed by atoms with Crippen LogP contribution in [0.25, 0.3) is 5.69 Å². The van der Waals surface area contributed by atoms with Crippen LogP contribution >= 0.6 is 24.0 Å². The van der Waals surface area contributed by atoms with Crippen LogP contribution < -0.4 is 20.1 Å². The molecule has 0 aliphatic heterocycles. The number of hydrogen-bond acceptors (Lipinski definition) is 4. The second kappa shape index (κ2) is 12.1. The monoisotopic (exact) mass is 521 g/mol. The molecule has 1 atom stereocenters. The first-order valence-electron chi connectivity index (χ1n) is 9.51. The summed E-state index contributed by atoms with van der Waals surface area (Å²) in [6, 6.07) is 15.8. The van der Waals surface area contributed by atoms with Crippen molar-refractivity contribution in [1.29, 1.82) is 0 Å². The van der Waals surface area contributed by atoms with Gasteiger partial charge in [-0.3, -0.25) is 4.99 Å². The third-order valence-corrected chi connectivity index (χ3v) is 4.38. The Kier molecular flexibility index (Phi) is 9.46. The largest absolute Gasteiger partial charge is 0.497 e. The van der Waals surface area contributed by atoms with Crippen LogP contribution in [0.3, 0.4) is 0 Å². The highest BCUT2D eigenvalue weighted by Gasteiger charge is 2.08. The summed E-state index contributed by atoms with van der Waals surface area (Å²) in [5, 5.41) is 6.66. The Labute approximate surface area is 194 Å². The molecule has 0 spiro atoms. The number of nitrogens with zero attached hydrogens (tertiary/aromatic N) is 3. The lowest BCUT2D eigenvalue weighted by Gasteiger charge is -2.18. The molecule has 0 amide bonds. The predicted octanol–water partition coefficient (Wildman–Crippen LogP) is 3.63. The van der Waals surface area contributed by atoms with Gasteiger partial charge in [-0.15, -0.1) is 24.0 Å². The fourth-order valence-corrected chi connectivity index (χ4v) is 2.90. The molecule has 1 unspecified atom stereocenters. The van der Waals surface area contributed by atoms with Crippen LogP contribution in [0.15, 0.2) is 72.2 Å². The number of aromatic nitrogens is 2. The molecule has 3 aromatic rings. The van der Waals surface area contributed by atoms with Crippen molar-refractivity contribution in [3.63, 3.8) is 0 Å². The van der Waals surface area contributed by atoms with Gasteiger partial charge >= 0.3 is 0 Å². The quantitative estimate of drug-likeness (QED) is 0.269. The molecule has 0 aliphatic rings. The van der Waals surface area contributed by atoms with E-state index in [0.717, 1.165) is 22.7 Å². The first-order valence-corrected chi connectivity index (χ1v) is 9.51. The molecule has 1 aromatic heterocycles. The zero-order valence-electron chi connectivity index (χ0n) is 17.4. The van der Waals surface area contributed by atoms with E-state index in [0.29, 0.717) is 19.0 Å². The molecule has 160 valence electrons. The Morgan fingerprint density at radius 3 is 2.67 bits per heavy atom. The minimum atomic E-state index is -0.0427.